The summed E-state index contributed by atoms with van der Waals surface area (Å²) in [6.45, 7) is 4.30. The van der Waals surface area contributed by atoms with Gasteiger partial charge in [-0.25, -0.2) is 0 Å². The zero-order valence-electron chi connectivity index (χ0n) is 9.91. The Morgan fingerprint density at radius 1 is 1.41 bits per heavy atom. The van der Waals surface area contributed by atoms with Crippen molar-refractivity contribution in [2.24, 2.45) is 5.92 Å². The second kappa shape index (κ2) is 5.05. The first kappa shape index (κ1) is 11.7. The van der Waals surface area contributed by atoms with Crippen molar-refractivity contribution in [1.82, 2.24) is 25.3 Å². The molecule has 2 rings (SSSR count). The lowest BCUT2D eigenvalue weighted by Gasteiger charge is -2.18. The first-order valence-electron chi connectivity index (χ1n) is 5.62. The van der Waals surface area contributed by atoms with E-state index in [1.54, 1.807) is 12.1 Å². The standard InChI is InChI=1S/C10H16N6O/c1-7(2)5-8(6-17)11-9-3-4-10-12-14-15-16(10)13-9/h3-4,7-8,17H,5-6H2,1-2H3,(H,11,13). The molecule has 7 heteroatoms. The number of nitrogens with one attached hydrogen (secondary N) is 1. The highest BCUT2D eigenvalue weighted by atomic mass is 16.3. The van der Waals surface area contributed by atoms with Crippen LogP contribution in [0.3, 0.4) is 0 Å². The maximum absolute atomic E-state index is 9.27. The van der Waals surface area contributed by atoms with Crippen LogP contribution >= 0.6 is 0 Å². The van der Waals surface area contributed by atoms with Crippen molar-refractivity contribution in [2.45, 2.75) is 26.3 Å². The molecule has 0 aliphatic carbocycles. The van der Waals surface area contributed by atoms with E-state index < -0.39 is 0 Å². The van der Waals surface area contributed by atoms with Gasteiger partial charge in [0, 0.05) is 0 Å². The van der Waals surface area contributed by atoms with Crippen LogP contribution in [0.25, 0.3) is 5.65 Å². The normalized spacial score (nSPS) is 13.2. The Morgan fingerprint density at radius 2 is 2.24 bits per heavy atom. The third kappa shape index (κ3) is 2.88. The summed E-state index contributed by atoms with van der Waals surface area (Å²) >= 11 is 0. The van der Waals surface area contributed by atoms with E-state index in [4.69, 9.17) is 0 Å². The van der Waals surface area contributed by atoms with E-state index in [-0.39, 0.29) is 12.6 Å². The van der Waals surface area contributed by atoms with Crippen molar-refractivity contribution in [3.63, 3.8) is 0 Å². The largest absolute Gasteiger partial charge is 0.394 e. The minimum atomic E-state index is -0.00330. The first-order chi connectivity index (χ1) is 8.19. The summed E-state index contributed by atoms with van der Waals surface area (Å²) < 4.78 is 1.35. The highest BCUT2D eigenvalue weighted by Gasteiger charge is 2.10. The van der Waals surface area contributed by atoms with E-state index in [9.17, 15) is 5.11 Å². The number of aliphatic hydroxyl groups excluding tert-OH is 1. The molecule has 2 aromatic rings. The Balaban J connectivity index is 2.10. The maximum Gasteiger partial charge on any atom is 0.200 e. The molecule has 0 aromatic carbocycles. The van der Waals surface area contributed by atoms with Crippen LogP contribution in [-0.4, -0.2) is 43.0 Å². The fourth-order valence-corrected chi connectivity index (χ4v) is 1.68. The van der Waals surface area contributed by atoms with Crippen LogP contribution in [-0.2, 0) is 0 Å². The van der Waals surface area contributed by atoms with Crippen molar-refractivity contribution in [2.75, 3.05) is 11.9 Å². The molecule has 0 amide bonds. The molecule has 0 saturated carbocycles. The van der Waals surface area contributed by atoms with Crippen LogP contribution in [0, 0.1) is 5.92 Å². The monoisotopic (exact) mass is 236 g/mol. The number of rotatable bonds is 5. The second-order valence-corrected chi connectivity index (χ2v) is 4.40. The van der Waals surface area contributed by atoms with Crippen LogP contribution in [0.2, 0.25) is 0 Å². The summed E-state index contributed by atoms with van der Waals surface area (Å²) in [7, 11) is 0. The van der Waals surface area contributed by atoms with Gasteiger partial charge in [-0.3, -0.25) is 0 Å². The molecule has 2 N–H and O–H groups in total. The number of hydrogen-bond donors (Lipinski definition) is 2. The second-order valence-electron chi connectivity index (χ2n) is 4.40. The molecule has 0 spiro atoms. The number of hydrogen-bond acceptors (Lipinski definition) is 6. The summed E-state index contributed by atoms with van der Waals surface area (Å²) in [5, 5.41) is 27.6. The van der Waals surface area contributed by atoms with Gasteiger partial charge in [0.15, 0.2) is 5.65 Å². The average Bonchev–Trinajstić information content (AvgIpc) is 2.74. The number of nitrogens with zero attached hydrogens (tertiary/aromatic N) is 5. The molecular formula is C10H16N6O. The van der Waals surface area contributed by atoms with Crippen molar-refractivity contribution >= 4 is 11.5 Å². The van der Waals surface area contributed by atoms with Gasteiger partial charge in [-0.2, -0.15) is 0 Å². The third-order valence-corrected chi connectivity index (χ3v) is 2.40. The first-order valence-corrected chi connectivity index (χ1v) is 5.62. The van der Waals surface area contributed by atoms with Crippen molar-refractivity contribution in [3.05, 3.63) is 12.1 Å². The number of fused-ring (bicyclic) bond motifs is 1. The fourth-order valence-electron chi connectivity index (χ4n) is 1.68. The van der Waals surface area contributed by atoms with E-state index in [1.807, 2.05) is 0 Å². The summed E-state index contributed by atoms with van der Waals surface area (Å²) in [6.07, 6.45) is 0.881. The SMILES string of the molecule is CC(C)CC(CO)Nc1ccc2nnnn2n1. The van der Waals surface area contributed by atoms with E-state index in [0.29, 0.717) is 17.4 Å². The summed E-state index contributed by atoms with van der Waals surface area (Å²) in [6, 6.07) is 3.57. The Kier molecular flexibility index (Phi) is 3.48. The van der Waals surface area contributed by atoms with Gasteiger partial charge in [0.25, 0.3) is 0 Å². The molecule has 0 aliphatic rings. The summed E-state index contributed by atoms with van der Waals surface area (Å²) in [4.78, 5) is 0. The van der Waals surface area contributed by atoms with Gasteiger partial charge in [-0.15, -0.1) is 14.8 Å². The predicted molar refractivity (Wildman–Crippen MR) is 62.5 cm³/mol. The summed E-state index contributed by atoms with van der Waals surface area (Å²) in [5.41, 5.74) is 0.597. The molecule has 0 radical (unpaired) electrons. The van der Waals surface area contributed by atoms with Gasteiger partial charge in [-0.1, -0.05) is 13.8 Å². The zero-order chi connectivity index (χ0) is 12.3. The molecule has 0 aliphatic heterocycles. The Bertz CT molecular complexity index is 482. The van der Waals surface area contributed by atoms with Gasteiger partial charge in [0.05, 0.1) is 12.6 Å². The molecule has 0 bridgehead atoms. The van der Waals surface area contributed by atoms with Gasteiger partial charge in [0.1, 0.15) is 5.82 Å². The van der Waals surface area contributed by atoms with Crippen molar-refractivity contribution in [1.29, 1.82) is 0 Å². The molecule has 92 valence electrons. The van der Waals surface area contributed by atoms with E-state index in [2.05, 4.69) is 39.8 Å². The van der Waals surface area contributed by atoms with E-state index in [0.717, 1.165) is 6.42 Å². The van der Waals surface area contributed by atoms with E-state index >= 15 is 0 Å². The number of anilines is 1. The van der Waals surface area contributed by atoms with Crippen molar-refractivity contribution < 1.29 is 5.11 Å². The predicted octanol–water partition coefficient (Wildman–Crippen LogP) is 0.338. The fraction of sp³-hybridized carbons (Fsp3) is 0.600. The third-order valence-electron chi connectivity index (χ3n) is 2.40. The van der Waals surface area contributed by atoms with Gasteiger partial charge < -0.3 is 10.4 Å². The van der Waals surface area contributed by atoms with Crippen LogP contribution in [0.15, 0.2) is 12.1 Å². The molecule has 1 unspecified atom stereocenters. The number of aliphatic hydroxyl groups is 1. The quantitative estimate of drug-likeness (QED) is 0.778. The van der Waals surface area contributed by atoms with Crippen LogP contribution in [0.1, 0.15) is 20.3 Å². The molecular weight excluding hydrogens is 220 g/mol. The van der Waals surface area contributed by atoms with Crippen molar-refractivity contribution in [3.8, 4) is 0 Å². The zero-order valence-corrected chi connectivity index (χ0v) is 9.91. The maximum atomic E-state index is 9.27. The molecule has 1 atom stereocenters. The minimum Gasteiger partial charge on any atom is -0.394 e. The number of tetrazole rings is 1. The Labute approximate surface area is 98.8 Å². The van der Waals surface area contributed by atoms with Gasteiger partial charge in [-0.05, 0) is 34.9 Å². The van der Waals surface area contributed by atoms with Crippen LogP contribution in [0.4, 0.5) is 5.82 Å². The van der Waals surface area contributed by atoms with E-state index in [1.165, 1.54) is 4.63 Å². The molecule has 2 aromatic heterocycles. The topological polar surface area (TPSA) is 88.2 Å². The smallest absolute Gasteiger partial charge is 0.200 e. The van der Waals surface area contributed by atoms with Gasteiger partial charge >= 0.3 is 0 Å². The number of aromatic nitrogens is 5. The highest BCUT2D eigenvalue weighted by Crippen LogP contribution is 2.10. The average molecular weight is 236 g/mol. The molecule has 17 heavy (non-hydrogen) atoms. The Hall–Kier alpha value is -1.76. The molecule has 7 nitrogen and oxygen atoms in total. The van der Waals surface area contributed by atoms with Crippen LogP contribution < -0.4 is 5.32 Å². The molecule has 0 fully saturated rings. The highest BCUT2D eigenvalue weighted by molar-refractivity contribution is 5.42. The lowest BCUT2D eigenvalue weighted by molar-refractivity contribution is 0.259. The summed E-state index contributed by atoms with van der Waals surface area (Å²) in [5.74, 6) is 1.17. The molecule has 0 saturated heterocycles. The minimum absolute atomic E-state index is 0.00330. The van der Waals surface area contributed by atoms with Crippen LogP contribution in [0.5, 0.6) is 0 Å². The lowest BCUT2D eigenvalue weighted by Crippen LogP contribution is -2.26. The lowest BCUT2D eigenvalue weighted by atomic mass is 10.0. The van der Waals surface area contributed by atoms with Gasteiger partial charge in [0.2, 0.25) is 0 Å². The Morgan fingerprint density at radius 3 is 2.94 bits per heavy atom. The molecule has 2 heterocycles.